The predicted octanol–water partition coefficient (Wildman–Crippen LogP) is 6.58. The summed E-state index contributed by atoms with van der Waals surface area (Å²) in [5.41, 5.74) is -0.0112. The average Bonchev–Trinajstić information content (AvgIpc) is 2.88. The van der Waals surface area contributed by atoms with E-state index in [9.17, 15) is 4.39 Å². The van der Waals surface area contributed by atoms with Crippen molar-refractivity contribution in [2.45, 2.75) is 45.1 Å². The van der Waals surface area contributed by atoms with Crippen molar-refractivity contribution >= 4 is 0 Å². The summed E-state index contributed by atoms with van der Waals surface area (Å²) in [6.07, 6.45) is 3.73. The van der Waals surface area contributed by atoms with Gasteiger partial charge < -0.3 is 4.74 Å². The Balaban J connectivity index is 1.78. The van der Waals surface area contributed by atoms with Crippen LogP contribution in [-0.2, 0) is 10.7 Å². The highest BCUT2D eigenvalue weighted by molar-refractivity contribution is 5.80. The maximum absolute atomic E-state index is 15.2. The lowest BCUT2D eigenvalue weighted by Gasteiger charge is -2.25. The smallest absolute Gasteiger partial charge is 0.305 e. The molecule has 5 heteroatoms. The molecule has 0 saturated heterocycles. The van der Waals surface area contributed by atoms with Gasteiger partial charge in [-0.1, -0.05) is 43.7 Å². The first-order chi connectivity index (χ1) is 12.9. The number of alkyl halides is 2. The van der Waals surface area contributed by atoms with Gasteiger partial charge in [-0.05, 0) is 42.0 Å². The third-order valence-corrected chi connectivity index (χ3v) is 5.43. The number of fused-ring (bicyclic) bond motifs is 3. The van der Waals surface area contributed by atoms with Crippen molar-refractivity contribution in [3.8, 4) is 11.1 Å². The van der Waals surface area contributed by atoms with Gasteiger partial charge in [0.1, 0.15) is 11.6 Å². The molecule has 0 spiro atoms. The van der Waals surface area contributed by atoms with E-state index in [0.717, 1.165) is 18.4 Å². The fourth-order valence-electron chi connectivity index (χ4n) is 4.03. The average molecular weight is 376 g/mol. The van der Waals surface area contributed by atoms with Gasteiger partial charge in [0.25, 0.3) is 0 Å². The third kappa shape index (κ3) is 2.71. The normalized spacial score (nSPS) is 20.2. The molecule has 1 unspecified atom stereocenters. The molecule has 1 aliphatic heterocycles. The molecule has 0 N–H and O–H groups in total. The Morgan fingerprint density at radius 3 is 2.33 bits per heavy atom. The van der Waals surface area contributed by atoms with E-state index in [0.29, 0.717) is 13.0 Å². The van der Waals surface area contributed by atoms with Crippen molar-refractivity contribution in [3.05, 3.63) is 69.8 Å². The number of hydrogen-bond acceptors (Lipinski definition) is 1. The van der Waals surface area contributed by atoms with Crippen LogP contribution in [0.25, 0.3) is 11.1 Å². The van der Waals surface area contributed by atoms with Gasteiger partial charge in [-0.3, -0.25) is 0 Å². The lowest BCUT2D eigenvalue weighted by atomic mass is 9.95. The van der Waals surface area contributed by atoms with Crippen LogP contribution < -0.4 is 0 Å². The second-order valence-electron chi connectivity index (χ2n) is 7.23. The highest BCUT2D eigenvalue weighted by Gasteiger charge is 2.50. The van der Waals surface area contributed by atoms with E-state index in [1.165, 1.54) is 31.2 Å². The zero-order valence-electron chi connectivity index (χ0n) is 15.2. The Kier molecular flexibility index (Phi) is 4.38. The fourth-order valence-corrected chi connectivity index (χ4v) is 4.03. The molecule has 4 rings (SSSR count). The van der Waals surface area contributed by atoms with Gasteiger partial charge in [-0.25, -0.2) is 8.78 Å². The summed E-state index contributed by atoms with van der Waals surface area (Å²) >= 11 is 0. The molecule has 0 fully saturated rings. The zero-order chi connectivity index (χ0) is 19.3. The van der Waals surface area contributed by atoms with E-state index in [-0.39, 0.29) is 22.3 Å². The number of benzene rings is 2. The quantitative estimate of drug-likeness (QED) is 0.434. The van der Waals surface area contributed by atoms with E-state index >= 15 is 13.2 Å². The Morgan fingerprint density at radius 2 is 1.70 bits per heavy atom. The van der Waals surface area contributed by atoms with Crippen LogP contribution in [0.5, 0.6) is 0 Å². The molecule has 142 valence electrons. The van der Waals surface area contributed by atoms with Crippen LogP contribution in [0.4, 0.5) is 17.6 Å². The molecule has 0 saturated carbocycles. The second kappa shape index (κ2) is 6.48. The topological polar surface area (TPSA) is 9.23 Å². The van der Waals surface area contributed by atoms with Crippen molar-refractivity contribution in [2.24, 2.45) is 0 Å². The van der Waals surface area contributed by atoms with Crippen molar-refractivity contribution in [3.63, 3.8) is 0 Å². The van der Waals surface area contributed by atoms with Crippen molar-refractivity contribution in [1.29, 1.82) is 0 Å². The summed E-state index contributed by atoms with van der Waals surface area (Å²) in [7, 11) is 0. The monoisotopic (exact) mass is 376 g/mol. The van der Waals surface area contributed by atoms with E-state index in [1.54, 1.807) is 0 Å². The summed E-state index contributed by atoms with van der Waals surface area (Å²) in [5, 5.41) is 0. The van der Waals surface area contributed by atoms with E-state index in [4.69, 9.17) is 4.74 Å². The largest absolute Gasteiger partial charge is 0.369 e. The molecular weight excluding hydrogens is 356 g/mol. The molecule has 0 bridgehead atoms. The summed E-state index contributed by atoms with van der Waals surface area (Å²) < 4.78 is 65.4. The van der Waals surface area contributed by atoms with Crippen LogP contribution in [0.2, 0.25) is 0 Å². The van der Waals surface area contributed by atoms with Gasteiger partial charge in [0.15, 0.2) is 0 Å². The summed E-state index contributed by atoms with van der Waals surface area (Å²) in [5.74, 6) is -5.68. The summed E-state index contributed by atoms with van der Waals surface area (Å²) in [6.45, 7) is 3.86. The van der Waals surface area contributed by atoms with Gasteiger partial charge >= 0.3 is 5.92 Å². The summed E-state index contributed by atoms with van der Waals surface area (Å²) in [4.78, 5) is 0. The Labute approximate surface area is 155 Å². The lowest BCUT2D eigenvalue weighted by molar-refractivity contribution is 0.0369. The van der Waals surface area contributed by atoms with Crippen molar-refractivity contribution < 1.29 is 22.3 Å². The van der Waals surface area contributed by atoms with Gasteiger partial charge in [-0.15, -0.1) is 0 Å². The van der Waals surface area contributed by atoms with E-state index in [2.05, 4.69) is 6.92 Å². The SMILES string of the molecule is CCCC1=CCC(c2ccc3c(c2F)C(F)(F)c2c-3ccc(C)c2F)OC1. The van der Waals surface area contributed by atoms with E-state index in [1.807, 2.05) is 6.08 Å². The number of rotatable bonds is 3. The lowest BCUT2D eigenvalue weighted by Crippen LogP contribution is -2.19. The maximum Gasteiger partial charge on any atom is 0.305 e. The number of hydrogen-bond donors (Lipinski definition) is 0. The van der Waals surface area contributed by atoms with Gasteiger partial charge in [-0.2, -0.15) is 8.78 Å². The first-order valence-electron chi connectivity index (χ1n) is 9.16. The maximum atomic E-state index is 15.2. The minimum atomic E-state index is -3.71. The van der Waals surface area contributed by atoms with Gasteiger partial charge in [0.05, 0.1) is 23.8 Å². The molecule has 0 radical (unpaired) electrons. The molecule has 1 atom stereocenters. The molecule has 0 aromatic heterocycles. The van der Waals surface area contributed by atoms with Crippen molar-refractivity contribution in [1.82, 2.24) is 0 Å². The first kappa shape index (κ1) is 18.2. The highest BCUT2D eigenvalue weighted by Crippen LogP contribution is 2.54. The zero-order valence-corrected chi connectivity index (χ0v) is 15.2. The predicted molar refractivity (Wildman–Crippen MR) is 95.8 cm³/mol. The number of halogens is 4. The molecule has 2 aliphatic rings. The highest BCUT2D eigenvalue weighted by atomic mass is 19.3. The second-order valence-corrected chi connectivity index (χ2v) is 7.23. The van der Waals surface area contributed by atoms with Crippen LogP contribution in [0, 0.1) is 18.6 Å². The van der Waals surface area contributed by atoms with Crippen LogP contribution >= 0.6 is 0 Å². The molecule has 1 heterocycles. The van der Waals surface area contributed by atoms with E-state index < -0.39 is 34.8 Å². The van der Waals surface area contributed by atoms with Crippen LogP contribution in [0.15, 0.2) is 35.9 Å². The third-order valence-electron chi connectivity index (χ3n) is 5.43. The first-order valence-corrected chi connectivity index (χ1v) is 9.16. The van der Waals surface area contributed by atoms with Gasteiger partial charge in [0.2, 0.25) is 0 Å². The fraction of sp³-hybridized carbons (Fsp3) is 0.364. The molecule has 0 amide bonds. The molecular formula is C22H20F4O. The number of ether oxygens (including phenoxy) is 1. The summed E-state index contributed by atoms with van der Waals surface area (Å²) in [6, 6.07) is 5.82. The molecule has 1 nitrogen and oxygen atoms in total. The standard InChI is InChI=1S/C22H20F4O/c1-3-4-13-6-10-17(27-11-13)16-9-8-15-14-7-5-12(2)20(23)18(14)22(25,26)19(15)21(16)24/h5-9,17H,3-4,10-11H2,1-2H3. The minimum absolute atomic E-state index is 0.0492. The molecule has 27 heavy (non-hydrogen) atoms. The molecule has 2 aromatic carbocycles. The van der Waals surface area contributed by atoms with Crippen LogP contribution in [-0.4, -0.2) is 6.61 Å². The van der Waals surface area contributed by atoms with Crippen molar-refractivity contribution in [2.75, 3.05) is 6.61 Å². The minimum Gasteiger partial charge on any atom is -0.369 e. The molecule has 2 aromatic rings. The van der Waals surface area contributed by atoms with Crippen LogP contribution in [0.1, 0.15) is 54.5 Å². The Hall–Kier alpha value is -2.14. The van der Waals surface area contributed by atoms with Crippen LogP contribution in [0.3, 0.4) is 0 Å². The molecule has 1 aliphatic carbocycles. The Bertz CT molecular complexity index is 946. The Morgan fingerprint density at radius 1 is 1.04 bits per heavy atom. The number of aryl methyl sites for hydroxylation is 1. The van der Waals surface area contributed by atoms with Gasteiger partial charge in [0, 0.05) is 5.56 Å².